The number of hydrogen-bond acceptors (Lipinski definition) is 8. The molecule has 1 aliphatic rings. The van der Waals surface area contributed by atoms with Crippen LogP contribution in [-0.2, 0) is 9.47 Å². The van der Waals surface area contributed by atoms with E-state index < -0.39 is 0 Å². The van der Waals surface area contributed by atoms with Crippen LogP contribution in [0.25, 0.3) is 0 Å². The van der Waals surface area contributed by atoms with Crippen LogP contribution in [0, 0.1) is 0 Å². The topological polar surface area (TPSA) is 89.5 Å². The van der Waals surface area contributed by atoms with Gasteiger partial charge < -0.3 is 28.4 Å². The fraction of sp³-hybridized carbons (Fsp3) is 0.364. The summed E-state index contributed by atoms with van der Waals surface area (Å²) in [5, 5.41) is 0. The van der Waals surface area contributed by atoms with Gasteiger partial charge in [-0.1, -0.05) is 12.1 Å². The Morgan fingerprint density at radius 2 is 0.800 bits per heavy atom. The summed E-state index contributed by atoms with van der Waals surface area (Å²) in [6.07, 6.45) is 1.41. The molecule has 0 fully saturated rings. The van der Waals surface area contributed by atoms with Crippen molar-refractivity contribution >= 4 is 12.6 Å². The Labute approximate surface area is 174 Å². The van der Waals surface area contributed by atoms with E-state index in [-0.39, 0.29) is 26.4 Å². The standard InChI is InChI=1S/C22H24O8/c23-15-17-19-3-1-4-20(17)28-12-8-26-10-14-30-22-6-2-5-21(18(22)16-24)29-13-9-25-7-11-27-19/h1-6,15-16H,7-14H2. The summed E-state index contributed by atoms with van der Waals surface area (Å²) in [4.78, 5) is 23.0. The Bertz CT molecular complexity index is 714. The quantitative estimate of drug-likeness (QED) is 0.690. The minimum atomic E-state index is 0.260. The molecule has 2 aromatic carbocycles. The number of carbonyl (C=O) groups excluding carboxylic acids is 2. The third-order valence-corrected chi connectivity index (χ3v) is 4.23. The third-order valence-electron chi connectivity index (χ3n) is 4.23. The van der Waals surface area contributed by atoms with Crippen LogP contribution in [0.4, 0.5) is 0 Å². The molecule has 0 saturated heterocycles. The number of ether oxygens (including phenoxy) is 6. The van der Waals surface area contributed by atoms with Gasteiger partial charge in [0.05, 0.1) is 37.6 Å². The zero-order valence-electron chi connectivity index (χ0n) is 16.5. The van der Waals surface area contributed by atoms with Crippen molar-refractivity contribution < 1.29 is 38.0 Å². The number of hydrogen-bond donors (Lipinski definition) is 0. The van der Waals surface area contributed by atoms with E-state index in [2.05, 4.69) is 0 Å². The van der Waals surface area contributed by atoms with Crippen LogP contribution in [0.2, 0.25) is 0 Å². The third kappa shape index (κ3) is 5.95. The lowest BCUT2D eigenvalue weighted by Crippen LogP contribution is -2.15. The largest absolute Gasteiger partial charge is 0.490 e. The molecule has 1 aliphatic heterocycles. The van der Waals surface area contributed by atoms with Crippen molar-refractivity contribution in [2.24, 2.45) is 0 Å². The summed E-state index contributed by atoms with van der Waals surface area (Å²) in [5.74, 6) is 1.72. The predicted octanol–water partition coefficient (Wildman–Crippen LogP) is 2.57. The van der Waals surface area contributed by atoms with Crippen LogP contribution in [-0.4, -0.2) is 65.4 Å². The second kappa shape index (κ2) is 11.8. The van der Waals surface area contributed by atoms with Crippen molar-refractivity contribution in [2.45, 2.75) is 0 Å². The number of aldehydes is 2. The lowest BCUT2D eigenvalue weighted by Gasteiger charge is -2.15. The molecule has 0 saturated carbocycles. The highest BCUT2D eigenvalue weighted by Crippen LogP contribution is 2.28. The van der Waals surface area contributed by atoms with Gasteiger partial charge >= 0.3 is 0 Å². The summed E-state index contributed by atoms with van der Waals surface area (Å²) in [7, 11) is 0. The fourth-order valence-corrected chi connectivity index (χ4v) is 2.83. The molecule has 0 amide bonds. The maximum absolute atomic E-state index is 11.5. The summed E-state index contributed by atoms with van der Waals surface area (Å²) in [5.41, 5.74) is 0.692. The molecule has 0 spiro atoms. The molecular formula is C22H24O8. The molecule has 8 nitrogen and oxygen atoms in total. The highest BCUT2D eigenvalue weighted by Gasteiger charge is 2.12. The maximum atomic E-state index is 11.5. The number of benzene rings is 2. The predicted molar refractivity (Wildman–Crippen MR) is 107 cm³/mol. The van der Waals surface area contributed by atoms with Crippen LogP contribution >= 0.6 is 0 Å². The molecular weight excluding hydrogens is 392 g/mol. The van der Waals surface area contributed by atoms with Crippen LogP contribution in [0.3, 0.4) is 0 Å². The summed E-state index contributed by atoms with van der Waals surface area (Å²) >= 11 is 0. The highest BCUT2D eigenvalue weighted by atomic mass is 16.6. The van der Waals surface area contributed by atoms with Crippen molar-refractivity contribution in [2.75, 3.05) is 52.9 Å². The normalized spacial score (nSPS) is 16.0. The molecule has 2 aromatic rings. The highest BCUT2D eigenvalue weighted by molar-refractivity contribution is 5.84. The van der Waals surface area contributed by atoms with Gasteiger partial charge in [0.25, 0.3) is 0 Å². The maximum Gasteiger partial charge on any atom is 0.157 e. The van der Waals surface area contributed by atoms with Crippen LogP contribution in [0.5, 0.6) is 23.0 Å². The molecule has 0 unspecified atom stereocenters. The second-order valence-electron chi connectivity index (χ2n) is 6.19. The molecule has 3 rings (SSSR count). The first-order valence-corrected chi connectivity index (χ1v) is 9.66. The van der Waals surface area contributed by atoms with Crippen molar-refractivity contribution in [3.05, 3.63) is 47.5 Å². The van der Waals surface area contributed by atoms with Gasteiger partial charge in [0, 0.05) is 0 Å². The van der Waals surface area contributed by atoms with E-state index in [0.717, 1.165) is 0 Å². The fourth-order valence-electron chi connectivity index (χ4n) is 2.83. The van der Waals surface area contributed by atoms with Gasteiger partial charge in [-0.05, 0) is 24.3 Å². The minimum Gasteiger partial charge on any atom is -0.490 e. The molecule has 4 bridgehead atoms. The van der Waals surface area contributed by atoms with Crippen LogP contribution in [0.1, 0.15) is 20.7 Å². The molecule has 1 heterocycles. The van der Waals surface area contributed by atoms with Crippen molar-refractivity contribution in [1.29, 1.82) is 0 Å². The molecule has 0 aromatic heterocycles. The van der Waals surface area contributed by atoms with Gasteiger partial charge in [-0.15, -0.1) is 0 Å². The zero-order chi connectivity index (χ0) is 21.0. The Morgan fingerprint density at radius 3 is 1.07 bits per heavy atom. The van der Waals surface area contributed by atoms with Crippen LogP contribution < -0.4 is 18.9 Å². The Kier molecular flexibility index (Phi) is 8.49. The SMILES string of the molecule is O=Cc1c2cccc1OCCOCCOc1cccc(c1C=O)OCCOCCO2. The van der Waals surface area contributed by atoms with E-state index in [4.69, 9.17) is 28.4 Å². The van der Waals surface area contributed by atoms with Gasteiger partial charge in [0.1, 0.15) is 49.4 Å². The monoisotopic (exact) mass is 416 g/mol. The lowest BCUT2D eigenvalue weighted by molar-refractivity contribution is 0.0718. The van der Waals surface area contributed by atoms with Gasteiger partial charge in [0.2, 0.25) is 0 Å². The van der Waals surface area contributed by atoms with E-state index >= 15 is 0 Å². The number of rotatable bonds is 2. The molecule has 0 radical (unpaired) electrons. The zero-order valence-corrected chi connectivity index (χ0v) is 16.5. The van der Waals surface area contributed by atoms with Gasteiger partial charge in [-0.25, -0.2) is 0 Å². The van der Waals surface area contributed by atoms with Gasteiger partial charge in [0.15, 0.2) is 12.6 Å². The van der Waals surface area contributed by atoms with Gasteiger partial charge in [-0.2, -0.15) is 0 Å². The van der Waals surface area contributed by atoms with Crippen LogP contribution in [0.15, 0.2) is 36.4 Å². The Hall–Kier alpha value is -3.10. The van der Waals surface area contributed by atoms with E-state index in [1.165, 1.54) is 0 Å². The first-order chi connectivity index (χ1) is 14.8. The minimum absolute atomic E-state index is 0.260. The van der Waals surface area contributed by atoms with E-state index in [9.17, 15) is 9.59 Å². The average molecular weight is 416 g/mol. The van der Waals surface area contributed by atoms with Crippen molar-refractivity contribution in [1.82, 2.24) is 0 Å². The molecule has 0 aliphatic carbocycles. The molecule has 8 heteroatoms. The first kappa shape index (κ1) is 21.6. The number of carbonyl (C=O) groups is 2. The molecule has 0 atom stereocenters. The van der Waals surface area contributed by atoms with Gasteiger partial charge in [-0.3, -0.25) is 9.59 Å². The lowest BCUT2D eigenvalue weighted by atomic mass is 10.2. The summed E-state index contributed by atoms with van der Waals surface area (Å²) in [6, 6.07) is 10.3. The van der Waals surface area contributed by atoms with E-state index in [1.54, 1.807) is 36.4 Å². The van der Waals surface area contributed by atoms with E-state index in [1.807, 2.05) is 0 Å². The Balaban J connectivity index is 1.65. The molecule has 160 valence electrons. The summed E-state index contributed by atoms with van der Waals surface area (Å²) < 4.78 is 33.6. The van der Waals surface area contributed by atoms with Crippen molar-refractivity contribution in [3.8, 4) is 23.0 Å². The summed E-state index contributed by atoms with van der Waals surface area (Å²) in [6.45, 7) is 2.28. The average Bonchev–Trinajstić information content (AvgIpc) is 2.77. The molecule has 0 N–H and O–H groups in total. The number of fused-ring (bicyclic) bond motifs is 4. The smallest absolute Gasteiger partial charge is 0.157 e. The van der Waals surface area contributed by atoms with Crippen molar-refractivity contribution in [3.63, 3.8) is 0 Å². The second-order valence-corrected chi connectivity index (χ2v) is 6.19. The Morgan fingerprint density at radius 1 is 0.500 bits per heavy atom. The molecule has 30 heavy (non-hydrogen) atoms. The van der Waals surface area contributed by atoms with E-state index in [0.29, 0.717) is 73.1 Å². The first-order valence-electron chi connectivity index (χ1n) is 9.66.